The van der Waals surface area contributed by atoms with Crippen LogP contribution < -0.4 is 10.6 Å². The molecule has 18 heavy (non-hydrogen) atoms. The van der Waals surface area contributed by atoms with Crippen LogP contribution in [-0.2, 0) is 0 Å². The Balaban J connectivity index is 1.59. The van der Waals surface area contributed by atoms with Crippen LogP contribution in [0.3, 0.4) is 0 Å². The lowest BCUT2D eigenvalue weighted by molar-refractivity contribution is 0.185. The Bertz CT molecular complexity index is 337. The molecule has 0 aromatic carbocycles. The first-order valence-electron chi connectivity index (χ1n) is 7.43. The Labute approximate surface area is 110 Å². The van der Waals surface area contributed by atoms with Crippen LogP contribution in [0.25, 0.3) is 0 Å². The van der Waals surface area contributed by atoms with Crippen molar-refractivity contribution < 1.29 is 0 Å². The van der Waals surface area contributed by atoms with Gasteiger partial charge < -0.3 is 10.6 Å². The summed E-state index contributed by atoms with van der Waals surface area (Å²) in [5.74, 6) is 1.03. The third kappa shape index (κ3) is 2.48. The van der Waals surface area contributed by atoms with Gasteiger partial charge in [0.2, 0.25) is 0 Å². The minimum atomic E-state index is 0.303. The van der Waals surface area contributed by atoms with Gasteiger partial charge >= 0.3 is 0 Å². The van der Waals surface area contributed by atoms with Crippen molar-refractivity contribution in [3.8, 4) is 0 Å². The van der Waals surface area contributed by atoms with Crippen molar-refractivity contribution in [3.63, 3.8) is 0 Å². The zero-order chi connectivity index (χ0) is 12.6. The molecule has 0 aromatic rings. The molecular weight excluding hydrogens is 224 g/mol. The third-order valence-electron chi connectivity index (χ3n) is 4.58. The van der Waals surface area contributed by atoms with Gasteiger partial charge in [0.05, 0.1) is 0 Å². The first-order valence-corrected chi connectivity index (χ1v) is 7.43. The highest BCUT2D eigenvalue weighted by Gasteiger charge is 2.36. The van der Waals surface area contributed by atoms with Gasteiger partial charge in [-0.15, -0.1) is 0 Å². The van der Waals surface area contributed by atoms with Crippen LogP contribution in [0.2, 0.25) is 0 Å². The van der Waals surface area contributed by atoms with E-state index < -0.39 is 0 Å². The maximum atomic E-state index is 4.66. The van der Waals surface area contributed by atoms with Crippen LogP contribution in [0.4, 0.5) is 0 Å². The first-order chi connectivity index (χ1) is 8.64. The summed E-state index contributed by atoms with van der Waals surface area (Å²) in [5.41, 5.74) is 0.303. The fraction of sp³-hybridized carbons (Fsp3) is 0.929. The zero-order valence-electron chi connectivity index (χ0n) is 11.7. The summed E-state index contributed by atoms with van der Waals surface area (Å²) in [5, 5.41) is 7.10. The maximum Gasteiger partial charge on any atom is 0.191 e. The average Bonchev–Trinajstić information content (AvgIpc) is 2.76. The molecule has 2 unspecified atom stereocenters. The summed E-state index contributed by atoms with van der Waals surface area (Å²) in [4.78, 5) is 7.32. The van der Waals surface area contributed by atoms with Gasteiger partial charge in [-0.25, -0.2) is 0 Å². The van der Waals surface area contributed by atoms with Crippen LogP contribution in [0.15, 0.2) is 4.99 Å². The molecule has 2 atom stereocenters. The number of hydrogen-bond donors (Lipinski definition) is 2. The van der Waals surface area contributed by atoms with E-state index in [2.05, 4.69) is 34.4 Å². The highest BCUT2D eigenvalue weighted by atomic mass is 15.3. The molecule has 2 N–H and O–H groups in total. The van der Waals surface area contributed by atoms with E-state index in [0.29, 0.717) is 11.5 Å². The summed E-state index contributed by atoms with van der Waals surface area (Å²) >= 11 is 0. The Morgan fingerprint density at radius 1 is 1.28 bits per heavy atom. The number of guanidine groups is 1. The summed E-state index contributed by atoms with van der Waals surface area (Å²) in [7, 11) is 0. The van der Waals surface area contributed by atoms with E-state index in [1.54, 1.807) is 0 Å². The van der Waals surface area contributed by atoms with E-state index >= 15 is 0 Å². The molecule has 102 valence electrons. The lowest BCUT2D eigenvalue weighted by atomic mass is 9.93. The van der Waals surface area contributed by atoms with Gasteiger partial charge in [-0.2, -0.15) is 0 Å². The molecular formula is C14H26N4. The van der Waals surface area contributed by atoms with E-state index in [4.69, 9.17) is 0 Å². The van der Waals surface area contributed by atoms with Crippen molar-refractivity contribution in [1.82, 2.24) is 15.5 Å². The molecule has 0 amide bonds. The van der Waals surface area contributed by atoms with Crippen molar-refractivity contribution in [2.45, 2.75) is 51.6 Å². The molecule has 0 radical (unpaired) electrons. The number of piperidine rings is 1. The second kappa shape index (κ2) is 4.72. The molecule has 0 saturated carbocycles. The zero-order valence-corrected chi connectivity index (χ0v) is 11.7. The van der Waals surface area contributed by atoms with Crippen molar-refractivity contribution in [2.24, 2.45) is 10.4 Å². The molecule has 2 saturated heterocycles. The van der Waals surface area contributed by atoms with E-state index in [0.717, 1.165) is 25.1 Å². The summed E-state index contributed by atoms with van der Waals surface area (Å²) in [6, 6.07) is 1.36. The molecule has 3 aliphatic heterocycles. The molecule has 4 heteroatoms. The van der Waals surface area contributed by atoms with Crippen molar-refractivity contribution in [3.05, 3.63) is 0 Å². The molecule has 4 nitrogen and oxygen atoms in total. The number of hydrogen-bond acceptors (Lipinski definition) is 4. The van der Waals surface area contributed by atoms with Crippen LogP contribution in [0.5, 0.6) is 0 Å². The Hall–Kier alpha value is -0.770. The molecule has 3 heterocycles. The largest absolute Gasteiger partial charge is 0.356 e. The number of fused-ring (bicyclic) bond motifs is 1. The van der Waals surface area contributed by atoms with Crippen molar-refractivity contribution in [1.29, 1.82) is 0 Å². The van der Waals surface area contributed by atoms with Crippen LogP contribution in [-0.4, -0.2) is 49.1 Å². The minimum absolute atomic E-state index is 0.303. The topological polar surface area (TPSA) is 39.7 Å². The SMILES string of the molecule is CC1(C)CN=C(NC2CCN3CCCCC23)NC1. The minimum Gasteiger partial charge on any atom is -0.356 e. The van der Waals surface area contributed by atoms with Gasteiger partial charge in [-0.1, -0.05) is 20.3 Å². The van der Waals surface area contributed by atoms with Gasteiger partial charge in [0.15, 0.2) is 5.96 Å². The van der Waals surface area contributed by atoms with Crippen LogP contribution in [0.1, 0.15) is 39.5 Å². The molecule has 3 aliphatic rings. The van der Waals surface area contributed by atoms with Gasteiger partial charge in [0.25, 0.3) is 0 Å². The Morgan fingerprint density at radius 2 is 2.17 bits per heavy atom. The Morgan fingerprint density at radius 3 is 2.94 bits per heavy atom. The monoisotopic (exact) mass is 250 g/mol. The summed E-state index contributed by atoms with van der Waals surface area (Å²) in [6.45, 7) is 9.05. The summed E-state index contributed by atoms with van der Waals surface area (Å²) in [6.07, 6.45) is 5.41. The van der Waals surface area contributed by atoms with Gasteiger partial charge in [-0.3, -0.25) is 9.89 Å². The third-order valence-corrected chi connectivity index (χ3v) is 4.58. The number of rotatable bonds is 1. The second-order valence-electron chi connectivity index (χ2n) is 6.82. The normalized spacial score (nSPS) is 35.6. The van der Waals surface area contributed by atoms with Gasteiger partial charge in [-0.05, 0) is 25.8 Å². The van der Waals surface area contributed by atoms with E-state index in [1.165, 1.54) is 38.8 Å². The Kier molecular flexibility index (Phi) is 3.22. The summed E-state index contributed by atoms with van der Waals surface area (Å²) < 4.78 is 0. The van der Waals surface area contributed by atoms with E-state index in [1.807, 2.05) is 0 Å². The lowest BCUT2D eigenvalue weighted by Gasteiger charge is -2.35. The van der Waals surface area contributed by atoms with Gasteiger partial charge in [0, 0.05) is 37.1 Å². The highest BCUT2D eigenvalue weighted by Crippen LogP contribution is 2.27. The fourth-order valence-corrected chi connectivity index (χ4v) is 3.42. The highest BCUT2D eigenvalue weighted by molar-refractivity contribution is 5.80. The average molecular weight is 250 g/mol. The molecule has 2 fully saturated rings. The molecule has 0 aromatic heterocycles. The molecule has 0 spiro atoms. The maximum absolute atomic E-state index is 4.66. The fourth-order valence-electron chi connectivity index (χ4n) is 3.42. The van der Waals surface area contributed by atoms with Crippen molar-refractivity contribution >= 4 is 5.96 Å². The standard InChI is InChI=1S/C14H26N4/c1-14(2)9-15-13(16-10-14)17-11-6-8-18-7-4-3-5-12(11)18/h11-12H,3-10H2,1-2H3,(H2,15,16,17). The smallest absolute Gasteiger partial charge is 0.191 e. The number of nitrogens with one attached hydrogen (secondary N) is 2. The quantitative estimate of drug-likeness (QED) is 0.734. The van der Waals surface area contributed by atoms with Crippen molar-refractivity contribution in [2.75, 3.05) is 26.2 Å². The molecule has 0 aliphatic carbocycles. The second-order valence-corrected chi connectivity index (χ2v) is 6.82. The van der Waals surface area contributed by atoms with E-state index in [-0.39, 0.29) is 0 Å². The lowest BCUT2D eigenvalue weighted by Crippen LogP contribution is -2.53. The van der Waals surface area contributed by atoms with Crippen LogP contribution >= 0.6 is 0 Å². The van der Waals surface area contributed by atoms with E-state index in [9.17, 15) is 0 Å². The number of nitrogens with zero attached hydrogens (tertiary/aromatic N) is 2. The predicted octanol–water partition coefficient (Wildman–Crippen LogP) is 1.19. The molecule has 3 rings (SSSR count). The first kappa shape index (κ1) is 12.3. The van der Waals surface area contributed by atoms with Crippen LogP contribution in [0, 0.1) is 5.41 Å². The van der Waals surface area contributed by atoms with Gasteiger partial charge in [0.1, 0.15) is 0 Å². The number of aliphatic imine (C=N–C) groups is 1. The molecule has 0 bridgehead atoms. The predicted molar refractivity (Wildman–Crippen MR) is 74.8 cm³/mol.